The summed E-state index contributed by atoms with van der Waals surface area (Å²) >= 11 is 6.29. The molecule has 0 spiro atoms. The van der Waals surface area contributed by atoms with E-state index < -0.39 is 12.6 Å². The third-order valence-corrected chi connectivity index (χ3v) is 7.93. The van der Waals surface area contributed by atoms with Crippen LogP contribution in [0.4, 0.5) is 14.5 Å². The number of rotatable bonds is 4. The number of nitrogens with one attached hydrogen (secondary N) is 1. The Morgan fingerprint density at radius 3 is 2.60 bits per heavy atom. The minimum absolute atomic E-state index is 0.0970. The van der Waals surface area contributed by atoms with E-state index in [2.05, 4.69) is 25.5 Å². The highest BCUT2D eigenvalue weighted by Crippen LogP contribution is 2.35. The lowest BCUT2D eigenvalue weighted by Gasteiger charge is -2.22. The van der Waals surface area contributed by atoms with Gasteiger partial charge in [0.2, 0.25) is 5.91 Å². The molecule has 1 N–H and O–H groups in total. The number of hydrogen-bond donors (Lipinski definition) is 1. The average molecular weight is 605 g/mol. The fourth-order valence-electron chi connectivity index (χ4n) is 5.44. The van der Waals surface area contributed by atoms with E-state index in [1.807, 2.05) is 19.1 Å². The molecule has 220 valence electrons. The first-order valence-corrected chi connectivity index (χ1v) is 14.1. The zero-order valence-electron chi connectivity index (χ0n) is 23.3. The number of nitrogens with zero attached hydrogens (tertiary/aromatic N) is 7. The maximum absolute atomic E-state index is 13.7. The molecule has 0 saturated carbocycles. The smallest absolute Gasteiger partial charge is 0.323 e. The molecule has 2 atom stereocenters. The summed E-state index contributed by atoms with van der Waals surface area (Å²) in [7, 11) is 1.80. The summed E-state index contributed by atoms with van der Waals surface area (Å²) in [5.74, 6) is -0.354. The van der Waals surface area contributed by atoms with Crippen molar-refractivity contribution >= 4 is 23.2 Å². The Morgan fingerprint density at radius 1 is 1.00 bits per heavy atom. The molecule has 13 heteroatoms. The SMILES string of the molecule is C[C@@H]1CCC[C@H](n2cnc(-c3cc(Cl)ccc3-c3cnn(C(F)F)c3)cc2=O)c2cc(ccn2)-c2c(cnn2C)NC1=O. The van der Waals surface area contributed by atoms with Crippen LogP contribution >= 0.6 is 11.6 Å². The van der Waals surface area contributed by atoms with Crippen molar-refractivity contribution in [2.45, 2.75) is 38.8 Å². The number of fused-ring (bicyclic) bond motifs is 4. The van der Waals surface area contributed by atoms with E-state index in [4.69, 9.17) is 11.6 Å². The van der Waals surface area contributed by atoms with Crippen molar-refractivity contribution in [2.75, 3.05) is 5.32 Å². The van der Waals surface area contributed by atoms with Crippen LogP contribution in [-0.2, 0) is 11.8 Å². The summed E-state index contributed by atoms with van der Waals surface area (Å²) < 4.78 is 30.2. The first-order valence-electron chi connectivity index (χ1n) is 13.7. The Balaban J connectivity index is 1.42. The lowest BCUT2D eigenvalue weighted by Crippen LogP contribution is -2.27. The molecule has 4 aromatic heterocycles. The van der Waals surface area contributed by atoms with Crippen LogP contribution < -0.4 is 10.9 Å². The van der Waals surface area contributed by atoms with E-state index in [-0.39, 0.29) is 17.4 Å². The zero-order valence-corrected chi connectivity index (χ0v) is 24.0. The Hall–Kier alpha value is -4.71. The molecule has 43 heavy (non-hydrogen) atoms. The van der Waals surface area contributed by atoms with E-state index in [1.54, 1.807) is 42.3 Å². The van der Waals surface area contributed by atoms with E-state index in [1.165, 1.54) is 29.4 Å². The number of carbonyl (C=O) groups excluding carboxylic acids is 1. The van der Waals surface area contributed by atoms with Gasteiger partial charge in [0.25, 0.3) is 5.56 Å². The number of alkyl halides is 2. The topological polar surface area (TPSA) is 113 Å². The molecule has 1 aliphatic rings. The molecule has 10 nitrogen and oxygen atoms in total. The van der Waals surface area contributed by atoms with Gasteiger partial charge in [-0.15, -0.1) is 0 Å². The quantitative estimate of drug-likeness (QED) is 0.271. The summed E-state index contributed by atoms with van der Waals surface area (Å²) in [5.41, 5.74) is 4.31. The van der Waals surface area contributed by atoms with Gasteiger partial charge >= 0.3 is 6.55 Å². The highest BCUT2D eigenvalue weighted by atomic mass is 35.5. The van der Waals surface area contributed by atoms with E-state index in [0.717, 1.165) is 11.3 Å². The van der Waals surface area contributed by atoms with Gasteiger partial charge in [0, 0.05) is 53.1 Å². The number of halogens is 3. The molecular formula is C30H27ClF2N8O2. The number of pyridine rings is 1. The lowest BCUT2D eigenvalue weighted by atomic mass is 9.96. The van der Waals surface area contributed by atoms with Crippen molar-refractivity contribution < 1.29 is 13.6 Å². The van der Waals surface area contributed by atoms with Crippen molar-refractivity contribution in [3.63, 3.8) is 0 Å². The molecule has 1 aromatic carbocycles. The molecule has 5 aromatic rings. The first kappa shape index (κ1) is 28.4. The van der Waals surface area contributed by atoms with E-state index in [0.29, 0.717) is 62.7 Å². The molecular weight excluding hydrogens is 578 g/mol. The largest absolute Gasteiger partial charge is 0.333 e. The number of aromatic nitrogens is 7. The van der Waals surface area contributed by atoms with Gasteiger partial charge in [-0.2, -0.15) is 19.0 Å². The fourth-order valence-corrected chi connectivity index (χ4v) is 5.61. The maximum Gasteiger partial charge on any atom is 0.333 e. The van der Waals surface area contributed by atoms with Crippen LogP contribution in [0.25, 0.3) is 33.6 Å². The first-order chi connectivity index (χ1) is 20.7. The van der Waals surface area contributed by atoms with Gasteiger partial charge in [-0.3, -0.25) is 23.8 Å². The third kappa shape index (κ3) is 5.57. The second kappa shape index (κ2) is 11.5. The molecule has 1 aliphatic heterocycles. The summed E-state index contributed by atoms with van der Waals surface area (Å²) in [5, 5.41) is 11.5. The van der Waals surface area contributed by atoms with Crippen molar-refractivity contribution in [3.8, 4) is 33.6 Å². The van der Waals surface area contributed by atoms with Gasteiger partial charge in [-0.1, -0.05) is 31.0 Å². The maximum atomic E-state index is 13.7. The standard InChI is InChI=1S/C30H27ClF2N8O2/c1-17-4-3-5-26(24-10-18(8-9-34-24)28-25(38-29(17)43)14-36-39(28)2)40-16-35-23(12-27(40)42)22-11-20(31)6-7-21(22)19-13-37-41(15-19)30(32)33/h6-17,26,30H,3-5H2,1-2H3,(H,38,43)/t17-,26+/m1/s1. The molecule has 6 rings (SSSR count). The van der Waals surface area contributed by atoms with Crippen LogP contribution in [0.3, 0.4) is 0 Å². The van der Waals surface area contributed by atoms with E-state index >= 15 is 0 Å². The molecule has 0 fully saturated rings. The highest BCUT2D eigenvalue weighted by Gasteiger charge is 2.24. The van der Waals surface area contributed by atoms with Crippen LogP contribution in [0.5, 0.6) is 0 Å². The monoisotopic (exact) mass is 604 g/mol. The number of aryl methyl sites for hydroxylation is 1. The highest BCUT2D eigenvalue weighted by molar-refractivity contribution is 6.31. The van der Waals surface area contributed by atoms with E-state index in [9.17, 15) is 18.4 Å². The average Bonchev–Trinajstić information content (AvgIpc) is 3.62. The van der Waals surface area contributed by atoms with Crippen LogP contribution in [0, 0.1) is 5.92 Å². The molecule has 0 saturated heterocycles. The number of anilines is 1. The Kier molecular flexibility index (Phi) is 7.61. The van der Waals surface area contributed by atoms with Crippen LogP contribution in [-0.4, -0.2) is 40.0 Å². The molecule has 0 aliphatic carbocycles. The van der Waals surface area contributed by atoms with Gasteiger partial charge in [0.05, 0.1) is 47.5 Å². The van der Waals surface area contributed by atoms with Crippen LogP contribution in [0.2, 0.25) is 5.02 Å². The zero-order chi connectivity index (χ0) is 30.2. The third-order valence-electron chi connectivity index (χ3n) is 7.70. The van der Waals surface area contributed by atoms with Crippen molar-refractivity contribution in [1.82, 2.24) is 34.1 Å². The minimum Gasteiger partial charge on any atom is -0.323 e. The van der Waals surface area contributed by atoms with Crippen LogP contribution in [0.15, 0.2) is 72.3 Å². The van der Waals surface area contributed by atoms with Crippen LogP contribution in [0.1, 0.15) is 44.5 Å². The molecule has 5 heterocycles. The van der Waals surface area contributed by atoms with Crippen molar-refractivity contribution in [2.24, 2.45) is 13.0 Å². The Bertz CT molecular complexity index is 1880. The number of hydrogen-bond acceptors (Lipinski definition) is 6. The molecule has 0 radical (unpaired) electrons. The van der Waals surface area contributed by atoms with Gasteiger partial charge in [-0.05, 0) is 42.7 Å². The molecule has 2 bridgehead atoms. The number of amides is 1. The predicted molar refractivity (Wildman–Crippen MR) is 158 cm³/mol. The van der Waals surface area contributed by atoms with Gasteiger partial charge in [0.15, 0.2) is 0 Å². The second-order valence-corrected chi connectivity index (χ2v) is 11.0. The van der Waals surface area contributed by atoms with Gasteiger partial charge < -0.3 is 5.32 Å². The predicted octanol–water partition coefficient (Wildman–Crippen LogP) is 5.97. The minimum atomic E-state index is -2.79. The lowest BCUT2D eigenvalue weighted by molar-refractivity contribution is -0.119. The van der Waals surface area contributed by atoms with Crippen molar-refractivity contribution in [1.29, 1.82) is 0 Å². The molecule has 1 amide bonds. The molecule has 0 unspecified atom stereocenters. The number of benzene rings is 1. The van der Waals surface area contributed by atoms with Crippen molar-refractivity contribution in [3.05, 3.63) is 88.6 Å². The number of carbonyl (C=O) groups is 1. The van der Waals surface area contributed by atoms with Gasteiger partial charge in [0.1, 0.15) is 0 Å². The fraction of sp³-hybridized carbons (Fsp3) is 0.267. The summed E-state index contributed by atoms with van der Waals surface area (Å²) in [4.78, 5) is 35.9. The Labute approximate surface area is 250 Å². The summed E-state index contributed by atoms with van der Waals surface area (Å²) in [6.07, 6.45) is 9.15. The normalized spacial score (nSPS) is 17.2. The van der Waals surface area contributed by atoms with Gasteiger partial charge in [-0.25, -0.2) is 9.67 Å². The summed E-state index contributed by atoms with van der Waals surface area (Å²) in [6.45, 7) is -0.911. The summed E-state index contributed by atoms with van der Waals surface area (Å²) in [6, 6.07) is 9.65. The Morgan fingerprint density at radius 2 is 1.84 bits per heavy atom. The second-order valence-electron chi connectivity index (χ2n) is 10.5.